The first-order valence-electron chi connectivity index (χ1n) is 15.9. The third-order valence-corrected chi connectivity index (χ3v) is 11.8. The van der Waals surface area contributed by atoms with E-state index in [2.05, 4.69) is 169 Å². The molecule has 10 aromatic rings. The number of hydrogen-bond donors (Lipinski definition) is 0. The molecule has 3 heteroatoms. The minimum absolute atomic E-state index is 1.13. The SMILES string of the molecule is c1ccc2c(-c3ccc(N(c4ccc5c(ccc6c7ccccc7sc56)c4)c4ccc5sc6ccccc6c5c4)cc3)cccc2c1. The molecule has 0 radical (unpaired) electrons. The van der Waals surface area contributed by atoms with Crippen LogP contribution in [0.2, 0.25) is 0 Å². The summed E-state index contributed by atoms with van der Waals surface area (Å²) in [5.74, 6) is 0. The third kappa shape index (κ3) is 4.28. The fourth-order valence-corrected chi connectivity index (χ4v) is 9.53. The van der Waals surface area contributed by atoms with Crippen molar-refractivity contribution in [1.82, 2.24) is 0 Å². The zero-order valence-corrected chi connectivity index (χ0v) is 27.0. The molecule has 0 bridgehead atoms. The molecule has 0 N–H and O–H groups in total. The average Bonchev–Trinajstić information content (AvgIpc) is 3.70. The van der Waals surface area contributed by atoms with Crippen molar-refractivity contribution in [3.8, 4) is 11.1 Å². The van der Waals surface area contributed by atoms with Crippen LogP contribution in [0.1, 0.15) is 0 Å². The maximum absolute atomic E-state index is 2.41. The molecular formula is C44H27NS2. The van der Waals surface area contributed by atoms with E-state index in [1.807, 2.05) is 22.7 Å². The molecule has 8 aromatic carbocycles. The van der Waals surface area contributed by atoms with Gasteiger partial charge in [0.2, 0.25) is 0 Å². The van der Waals surface area contributed by atoms with Gasteiger partial charge >= 0.3 is 0 Å². The van der Waals surface area contributed by atoms with Crippen LogP contribution in [0, 0.1) is 0 Å². The molecule has 0 unspecified atom stereocenters. The van der Waals surface area contributed by atoms with Crippen LogP contribution >= 0.6 is 22.7 Å². The van der Waals surface area contributed by atoms with Crippen molar-refractivity contribution < 1.29 is 0 Å². The highest BCUT2D eigenvalue weighted by atomic mass is 32.1. The van der Waals surface area contributed by atoms with Crippen molar-refractivity contribution in [3.05, 3.63) is 164 Å². The smallest absolute Gasteiger partial charge is 0.0468 e. The number of anilines is 3. The van der Waals surface area contributed by atoms with Gasteiger partial charge in [-0.15, -0.1) is 22.7 Å². The van der Waals surface area contributed by atoms with Crippen molar-refractivity contribution in [2.45, 2.75) is 0 Å². The summed E-state index contributed by atoms with van der Waals surface area (Å²) in [4.78, 5) is 2.41. The number of benzene rings is 8. The van der Waals surface area contributed by atoms with E-state index in [0.717, 1.165) is 17.1 Å². The first-order chi connectivity index (χ1) is 23.3. The lowest BCUT2D eigenvalue weighted by Crippen LogP contribution is -2.09. The van der Waals surface area contributed by atoms with Gasteiger partial charge in [-0.25, -0.2) is 0 Å². The Labute approximate surface area is 280 Å². The highest BCUT2D eigenvalue weighted by molar-refractivity contribution is 7.26. The Balaban J connectivity index is 1.15. The Bertz CT molecular complexity index is 2800. The largest absolute Gasteiger partial charge is 0.310 e. The van der Waals surface area contributed by atoms with E-state index < -0.39 is 0 Å². The first-order valence-corrected chi connectivity index (χ1v) is 17.6. The summed E-state index contributed by atoms with van der Waals surface area (Å²) < 4.78 is 5.33. The predicted octanol–water partition coefficient (Wildman–Crippen LogP) is 13.9. The maximum Gasteiger partial charge on any atom is 0.0468 e. The van der Waals surface area contributed by atoms with Crippen LogP contribution in [0.25, 0.3) is 73.0 Å². The summed E-state index contributed by atoms with van der Waals surface area (Å²) in [5.41, 5.74) is 5.91. The summed E-state index contributed by atoms with van der Waals surface area (Å²) in [6, 6.07) is 60.2. The standard InChI is InChI=1S/C44H27NS2/c1-2-10-34-28(8-1)9-7-13-35(34)29-16-19-31(20-17-29)45(33-22-25-43-40(27-33)38-12-4-5-14-41(38)46-43)32-21-24-36-30(26-32)18-23-39-37-11-3-6-15-42(37)47-44(36)39/h1-27H. The maximum atomic E-state index is 2.41. The average molecular weight is 634 g/mol. The van der Waals surface area contributed by atoms with Crippen molar-refractivity contribution in [2.75, 3.05) is 4.90 Å². The summed E-state index contributed by atoms with van der Waals surface area (Å²) in [6.45, 7) is 0. The Kier molecular flexibility index (Phi) is 5.98. The van der Waals surface area contributed by atoms with Gasteiger partial charge in [0.15, 0.2) is 0 Å². The lowest BCUT2D eigenvalue weighted by Gasteiger charge is -2.26. The molecule has 0 spiro atoms. The number of nitrogens with zero attached hydrogens (tertiary/aromatic N) is 1. The van der Waals surface area contributed by atoms with Crippen LogP contribution < -0.4 is 4.90 Å². The van der Waals surface area contributed by atoms with Gasteiger partial charge in [-0.05, 0) is 87.3 Å². The fourth-order valence-electron chi connectivity index (χ4n) is 7.21. The highest BCUT2D eigenvalue weighted by Crippen LogP contribution is 2.44. The molecule has 220 valence electrons. The molecule has 0 atom stereocenters. The van der Waals surface area contributed by atoms with Crippen LogP contribution in [0.4, 0.5) is 17.1 Å². The van der Waals surface area contributed by atoms with E-state index in [1.54, 1.807) is 0 Å². The first kappa shape index (κ1) is 26.7. The molecule has 0 fully saturated rings. The van der Waals surface area contributed by atoms with Crippen LogP contribution in [0.15, 0.2) is 164 Å². The van der Waals surface area contributed by atoms with Gasteiger partial charge in [0.1, 0.15) is 0 Å². The Morgan fingerprint density at radius 3 is 1.81 bits per heavy atom. The second-order valence-corrected chi connectivity index (χ2v) is 14.3. The van der Waals surface area contributed by atoms with E-state index in [4.69, 9.17) is 0 Å². The van der Waals surface area contributed by atoms with Crippen molar-refractivity contribution in [3.63, 3.8) is 0 Å². The second kappa shape index (κ2) is 10.5. The van der Waals surface area contributed by atoms with Gasteiger partial charge in [0, 0.05) is 57.4 Å². The molecule has 0 saturated carbocycles. The zero-order valence-electron chi connectivity index (χ0n) is 25.4. The number of thiophene rings is 2. The van der Waals surface area contributed by atoms with Crippen LogP contribution in [0.5, 0.6) is 0 Å². The Hall–Kier alpha value is -5.48. The molecule has 0 aliphatic rings. The van der Waals surface area contributed by atoms with Gasteiger partial charge in [-0.2, -0.15) is 0 Å². The van der Waals surface area contributed by atoms with E-state index in [9.17, 15) is 0 Å². The van der Waals surface area contributed by atoms with E-state index in [1.165, 1.54) is 73.0 Å². The van der Waals surface area contributed by atoms with Gasteiger partial charge in [-0.3, -0.25) is 0 Å². The van der Waals surface area contributed by atoms with Crippen molar-refractivity contribution >= 4 is 102 Å². The fraction of sp³-hybridized carbons (Fsp3) is 0. The predicted molar refractivity (Wildman–Crippen MR) is 207 cm³/mol. The van der Waals surface area contributed by atoms with E-state index in [0.29, 0.717) is 0 Å². The summed E-state index contributed by atoms with van der Waals surface area (Å²) >= 11 is 3.75. The summed E-state index contributed by atoms with van der Waals surface area (Å²) in [6.07, 6.45) is 0. The quantitative estimate of drug-likeness (QED) is 0.186. The minimum atomic E-state index is 1.13. The van der Waals surface area contributed by atoms with Crippen molar-refractivity contribution in [1.29, 1.82) is 0 Å². The van der Waals surface area contributed by atoms with Gasteiger partial charge < -0.3 is 4.90 Å². The molecule has 0 saturated heterocycles. The molecule has 10 rings (SSSR count). The number of fused-ring (bicyclic) bond motifs is 9. The molecule has 0 aliphatic carbocycles. The Morgan fingerprint density at radius 2 is 0.957 bits per heavy atom. The second-order valence-electron chi connectivity index (χ2n) is 12.1. The summed E-state index contributed by atoms with van der Waals surface area (Å²) in [5, 5.41) is 10.4. The molecule has 0 amide bonds. The van der Waals surface area contributed by atoms with E-state index in [-0.39, 0.29) is 0 Å². The highest BCUT2D eigenvalue weighted by Gasteiger charge is 2.17. The monoisotopic (exact) mass is 633 g/mol. The normalized spacial score (nSPS) is 11.8. The van der Waals surface area contributed by atoms with Crippen LogP contribution in [0.3, 0.4) is 0 Å². The van der Waals surface area contributed by atoms with Crippen LogP contribution in [-0.4, -0.2) is 0 Å². The Morgan fingerprint density at radius 1 is 0.340 bits per heavy atom. The molecule has 0 aliphatic heterocycles. The minimum Gasteiger partial charge on any atom is -0.310 e. The van der Waals surface area contributed by atoms with Crippen LogP contribution in [-0.2, 0) is 0 Å². The summed E-state index contributed by atoms with van der Waals surface area (Å²) in [7, 11) is 0. The van der Waals surface area contributed by atoms with Gasteiger partial charge in [0.05, 0.1) is 0 Å². The van der Waals surface area contributed by atoms with E-state index >= 15 is 0 Å². The molecular weight excluding hydrogens is 607 g/mol. The topological polar surface area (TPSA) is 3.24 Å². The number of hydrogen-bond acceptors (Lipinski definition) is 3. The van der Waals surface area contributed by atoms with Crippen molar-refractivity contribution in [2.24, 2.45) is 0 Å². The lowest BCUT2D eigenvalue weighted by molar-refractivity contribution is 1.30. The molecule has 2 heterocycles. The number of rotatable bonds is 4. The zero-order chi connectivity index (χ0) is 30.9. The molecule has 47 heavy (non-hydrogen) atoms. The lowest BCUT2D eigenvalue weighted by atomic mass is 9.98. The molecule has 2 aromatic heterocycles. The molecule has 1 nitrogen and oxygen atoms in total. The third-order valence-electron chi connectivity index (χ3n) is 9.45. The van der Waals surface area contributed by atoms with Gasteiger partial charge in [0.25, 0.3) is 0 Å². The van der Waals surface area contributed by atoms with Gasteiger partial charge in [-0.1, -0.05) is 109 Å².